The fraction of sp³-hybridized carbons (Fsp3) is 0.524. The van der Waals surface area contributed by atoms with Crippen molar-refractivity contribution < 1.29 is 31.1 Å². The number of hydrogen-bond acceptors (Lipinski definition) is 7. The lowest BCUT2D eigenvalue weighted by molar-refractivity contribution is -0.138. The number of aromatic nitrogens is 2. The Labute approximate surface area is 201 Å². The molecule has 2 saturated heterocycles. The van der Waals surface area contributed by atoms with Crippen molar-refractivity contribution in [3.8, 4) is 0 Å². The van der Waals surface area contributed by atoms with Crippen LogP contribution in [0.1, 0.15) is 11.1 Å². The number of hydrogen-bond donors (Lipinski definition) is 1. The van der Waals surface area contributed by atoms with Gasteiger partial charge in [0.15, 0.2) is 5.82 Å². The summed E-state index contributed by atoms with van der Waals surface area (Å²) in [6, 6.07) is 5.40. The standard InChI is InChI=1S/C21H27F3N6O4S/c1-35(32,33)26-19-4-5-30(25-19)20(31)29-8-6-27(7-9-29)15-16-2-3-17(14-18(16)21(22,23)24)28-10-12-34-13-11-28/h2-5,14H,6-13,15H2,1H3,(H,25,26). The van der Waals surface area contributed by atoms with Crippen LogP contribution < -0.4 is 9.62 Å². The number of piperazine rings is 1. The van der Waals surface area contributed by atoms with E-state index >= 15 is 0 Å². The van der Waals surface area contributed by atoms with E-state index in [0.717, 1.165) is 10.9 Å². The maximum atomic E-state index is 13.8. The molecule has 4 rings (SSSR count). The molecule has 10 nitrogen and oxygen atoms in total. The molecule has 0 aliphatic carbocycles. The fourth-order valence-electron chi connectivity index (χ4n) is 4.14. The van der Waals surface area contributed by atoms with Crippen LogP contribution in [0.15, 0.2) is 30.5 Å². The smallest absolute Gasteiger partial charge is 0.378 e. The number of sulfonamides is 1. The van der Waals surface area contributed by atoms with Crippen LogP contribution in [0.5, 0.6) is 0 Å². The Morgan fingerprint density at radius 1 is 1.09 bits per heavy atom. The number of anilines is 2. The number of halogens is 3. The predicted octanol–water partition coefficient (Wildman–Crippen LogP) is 1.90. The van der Waals surface area contributed by atoms with Crippen molar-refractivity contribution in [1.29, 1.82) is 0 Å². The first-order valence-corrected chi connectivity index (χ1v) is 13.0. The topological polar surface area (TPSA) is 100 Å². The lowest BCUT2D eigenvalue weighted by atomic mass is 10.0. The van der Waals surface area contributed by atoms with E-state index in [1.807, 2.05) is 9.80 Å². The van der Waals surface area contributed by atoms with Gasteiger partial charge in [-0.3, -0.25) is 9.62 Å². The van der Waals surface area contributed by atoms with E-state index in [1.54, 1.807) is 6.07 Å². The Kier molecular flexibility index (Phi) is 7.24. The van der Waals surface area contributed by atoms with Crippen molar-refractivity contribution in [2.75, 3.05) is 68.4 Å². The highest BCUT2D eigenvalue weighted by Gasteiger charge is 2.35. The normalized spacial score (nSPS) is 18.1. The van der Waals surface area contributed by atoms with E-state index in [1.165, 1.54) is 29.3 Å². The van der Waals surface area contributed by atoms with Gasteiger partial charge in [-0.25, -0.2) is 13.2 Å². The molecule has 0 unspecified atom stereocenters. The number of rotatable bonds is 5. The number of nitrogens with one attached hydrogen (secondary N) is 1. The Hall–Kier alpha value is -2.84. The molecule has 0 atom stereocenters. The van der Waals surface area contributed by atoms with Gasteiger partial charge in [-0.2, -0.15) is 17.9 Å². The molecule has 0 bridgehead atoms. The van der Waals surface area contributed by atoms with Crippen molar-refractivity contribution in [3.05, 3.63) is 41.6 Å². The monoisotopic (exact) mass is 516 g/mol. The molecule has 2 aromatic rings. The molecule has 1 N–H and O–H groups in total. The summed E-state index contributed by atoms with van der Waals surface area (Å²) >= 11 is 0. The summed E-state index contributed by atoms with van der Waals surface area (Å²) in [5.74, 6) is 0.0275. The average Bonchev–Trinajstić information content (AvgIpc) is 3.26. The van der Waals surface area contributed by atoms with Crippen LogP contribution >= 0.6 is 0 Å². The SMILES string of the molecule is CS(=O)(=O)Nc1ccn(C(=O)N2CCN(Cc3ccc(N4CCOCC4)cc3C(F)(F)F)CC2)n1. The third-order valence-electron chi connectivity index (χ3n) is 5.89. The first kappa shape index (κ1) is 25.3. The third-order valence-corrected chi connectivity index (χ3v) is 6.47. The highest BCUT2D eigenvalue weighted by atomic mass is 32.2. The van der Waals surface area contributed by atoms with E-state index < -0.39 is 27.8 Å². The zero-order chi connectivity index (χ0) is 25.2. The number of ether oxygens (including phenoxy) is 1. The second-order valence-electron chi connectivity index (χ2n) is 8.50. The molecule has 0 radical (unpaired) electrons. The second-order valence-corrected chi connectivity index (χ2v) is 10.3. The summed E-state index contributed by atoms with van der Waals surface area (Å²) in [4.78, 5) is 18.0. The van der Waals surface area contributed by atoms with Crippen molar-refractivity contribution in [2.45, 2.75) is 12.7 Å². The maximum absolute atomic E-state index is 13.8. The van der Waals surface area contributed by atoms with Crippen LogP contribution in [-0.4, -0.2) is 92.8 Å². The third kappa shape index (κ3) is 6.44. The van der Waals surface area contributed by atoms with Crippen molar-refractivity contribution >= 4 is 27.6 Å². The van der Waals surface area contributed by atoms with Crippen LogP contribution in [0.3, 0.4) is 0 Å². The summed E-state index contributed by atoms with van der Waals surface area (Å²) in [6.07, 6.45) is -2.14. The Bertz CT molecular complexity index is 1160. The summed E-state index contributed by atoms with van der Waals surface area (Å²) in [6.45, 7) is 3.59. The first-order valence-electron chi connectivity index (χ1n) is 11.1. The second kappa shape index (κ2) is 10.0. The first-order chi connectivity index (χ1) is 16.5. The van der Waals surface area contributed by atoms with Crippen molar-refractivity contribution in [3.63, 3.8) is 0 Å². The number of benzene rings is 1. The molecule has 2 aliphatic heterocycles. The molecule has 3 heterocycles. The molecule has 2 aliphatic rings. The van der Waals surface area contributed by atoms with Gasteiger partial charge in [0.1, 0.15) is 0 Å². The summed E-state index contributed by atoms with van der Waals surface area (Å²) in [7, 11) is -3.52. The van der Waals surface area contributed by atoms with Gasteiger partial charge >= 0.3 is 12.2 Å². The van der Waals surface area contributed by atoms with E-state index in [-0.39, 0.29) is 17.9 Å². The summed E-state index contributed by atoms with van der Waals surface area (Å²) < 4.78 is 72.7. The van der Waals surface area contributed by atoms with Crippen LogP contribution in [0, 0.1) is 0 Å². The van der Waals surface area contributed by atoms with Gasteiger partial charge in [-0.15, -0.1) is 5.10 Å². The Morgan fingerprint density at radius 3 is 2.40 bits per heavy atom. The molecule has 1 aromatic carbocycles. The van der Waals surface area contributed by atoms with Crippen LogP contribution in [0.25, 0.3) is 0 Å². The molecule has 1 amide bonds. The molecule has 0 saturated carbocycles. The van der Waals surface area contributed by atoms with E-state index in [9.17, 15) is 26.4 Å². The van der Waals surface area contributed by atoms with Crippen molar-refractivity contribution in [1.82, 2.24) is 19.6 Å². The number of morpholine rings is 1. The minimum absolute atomic E-state index is 0.0275. The van der Waals surface area contributed by atoms with Crippen LogP contribution in [0.4, 0.5) is 29.5 Å². The number of carbonyl (C=O) groups excluding carboxylic acids is 1. The number of amides is 1. The molecule has 1 aromatic heterocycles. The van der Waals surface area contributed by atoms with Gasteiger partial charge in [0.25, 0.3) is 0 Å². The van der Waals surface area contributed by atoms with E-state index in [4.69, 9.17) is 4.74 Å². The molecule has 14 heteroatoms. The van der Waals surface area contributed by atoms with Gasteiger partial charge in [-0.1, -0.05) is 6.07 Å². The van der Waals surface area contributed by atoms with Gasteiger partial charge in [0, 0.05) is 63.8 Å². The Balaban J connectivity index is 1.39. The average molecular weight is 517 g/mol. The van der Waals surface area contributed by atoms with E-state index in [2.05, 4.69) is 9.82 Å². The van der Waals surface area contributed by atoms with Crippen LogP contribution in [0.2, 0.25) is 0 Å². The highest BCUT2D eigenvalue weighted by molar-refractivity contribution is 7.92. The van der Waals surface area contributed by atoms with Crippen LogP contribution in [-0.2, 0) is 27.5 Å². The zero-order valence-corrected chi connectivity index (χ0v) is 20.0. The molecule has 192 valence electrons. The molecule has 2 fully saturated rings. The minimum Gasteiger partial charge on any atom is -0.378 e. The predicted molar refractivity (Wildman–Crippen MR) is 123 cm³/mol. The Morgan fingerprint density at radius 2 is 1.77 bits per heavy atom. The summed E-state index contributed by atoms with van der Waals surface area (Å²) in [5, 5.41) is 3.93. The number of nitrogens with zero attached hydrogens (tertiary/aromatic N) is 5. The largest absolute Gasteiger partial charge is 0.416 e. The zero-order valence-electron chi connectivity index (χ0n) is 19.2. The fourth-order valence-corrected chi connectivity index (χ4v) is 4.63. The molecular weight excluding hydrogens is 489 g/mol. The quantitative estimate of drug-likeness (QED) is 0.648. The lowest BCUT2D eigenvalue weighted by Gasteiger charge is -2.35. The van der Waals surface area contributed by atoms with Crippen molar-refractivity contribution in [2.24, 2.45) is 0 Å². The van der Waals surface area contributed by atoms with Gasteiger partial charge < -0.3 is 14.5 Å². The molecular formula is C21H27F3N6O4S. The summed E-state index contributed by atoms with van der Waals surface area (Å²) in [5.41, 5.74) is 0.0732. The number of alkyl halides is 3. The highest BCUT2D eigenvalue weighted by Crippen LogP contribution is 2.35. The number of carbonyl (C=O) groups is 1. The maximum Gasteiger partial charge on any atom is 0.416 e. The minimum atomic E-state index is -4.48. The lowest BCUT2D eigenvalue weighted by Crippen LogP contribution is -2.49. The molecule has 35 heavy (non-hydrogen) atoms. The van der Waals surface area contributed by atoms with Gasteiger partial charge in [-0.05, 0) is 17.7 Å². The van der Waals surface area contributed by atoms with E-state index in [0.29, 0.717) is 58.2 Å². The molecule has 0 spiro atoms. The van der Waals surface area contributed by atoms with Gasteiger partial charge in [0.05, 0.1) is 25.0 Å². The van der Waals surface area contributed by atoms with Gasteiger partial charge in [0.2, 0.25) is 10.0 Å².